The number of rotatable bonds is 2. The van der Waals surface area contributed by atoms with E-state index in [0.29, 0.717) is 28.0 Å². The average Bonchev–Trinajstić information content (AvgIpc) is 2.49. The zero-order valence-corrected chi connectivity index (χ0v) is 11.2. The predicted octanol–water partition coefficient (Wildman–Crippen LogP) is 3.19. The Bertz CT molecular complexity index is 886. The highest BCUT2D eigenvalue weighted by Crippen LogP contribution is 2.28. The Morgan fingerprint density at radius 1 is 1.19 bits per heavy atom. The molecule has 0 bridgehead atoms. The monoisotopic (exact) mass is 285 g/mol. The van der Waals surface area contributed by atoms with Gasteiger partial charge in [-0.1, -0.05) is 6.07 Å². The Labute approximate surface area is 119 Å². The number of anilines is 1. The highest BCUT2D eigenvalue weighted by molar-refractivity contribution is 5.84. The van der Waals surface area contributed by atoms with Gasteiger partial charge in [-0.25, -0.2) is 4.39 Å². The van der Waals surface area contributed by atoms with Crippen LogP contribution in [0.2, 0.25) is 0 Å². The summed E-state index contributed by atoms with van der Waals surface area (Å²) in [5, 5.41) is 0.374. The number of fused-ring (bicyclic) bond motifs is 1. The average molecular weight is 285 g/mol. The molecule has 2 N–H and O–H groups in total. The molecular weight excluding hydrogens is 273 g/mol. The second-order valence-corrected chi connectivity index (χ2v) is 4.54. The van der Waals surface area contributed by atoms with Crippen LogP contribution >= 0.6 is 0 Å². The van der Waals surface area contributed by atoms with Gasteiger partial charge in [0.05, 0.1) is 12.8 Å². The minimum atomic E-state index is -0.511. The first-order chi connectivity index (χ1) is 10.1. The van der Waals surface area contributed by atoms with E-state index >= 15 is 0 Å². The van der Waals surface area contributed by atoms with Crippen LogP contribution in [-0.4, -0.2) is 7.11 Å². The fraction of sp³-hybridized carbons (Fsp3) is 0.0625. The van der Waals surface area contributed by atoms with Crippen LogP contribution in [0.1, 0.15) is 0 Å². The van der Waals surface area contributed by atoms with Gasteiger partial charge in [0.2, 0.25) is 0 Å². The predicted molar refractivity (Wildman–Crippen MR) is 78.8 cm³/mol. The van der Waals surface area contributed by atoms with Gasteiger partial charge in [-0.2, -0.15) is 0 Å². The van der Waals surface area contributed by atoms with Crippen LogP contribution in [0.15, 0.2) is 51.7 Å². The largest absolute Gasteiger partial charge is 0.496 e. The molecule has 1 aromatic heterocycles. The fourth-order valence-electron chi connectivity index (χ4n) is 2.19. The van der Waals surface area contributed by atoms with Crippen LogP contribution in [-0.2, 0) is 0 Å². The maximum Gasteiger partial charge on any atom is 0.197 e. The molecule has 0 aliphatic carbocycles. The summed E-state index contributed by atoms with van der Waals surface area (Å²) in [5.41, 5.74) is 6.25. The molecule has 0 fully saturated rings. The molecule has 1 heterocycles. The molecule has 3 rings (SSSR count). The van der Waals surface area contributed by atoms with E-state index in [1.165, 1.54) is 31.4 Å². The Balaban J connectivity index is 2.26. The normalized spacial score (nSPS) is 10.8. The lowest BCUT2D eigenvalue weighted by Crippen LogP contribution is -2.02. The summed E-state index contributed by atoms with van der Waals surface area (Å²) in [4.78, 5) is 12.3. The third kappa shape index (κ3) is 2.23. The second kappa shape index (κ2) is 4.94. The van der Waals surface area contributed by atoms with Crippen LogP contribution in [0.5, 0.6) is 5.75 Å². The number of methoxy groups -OCH3 is 1. The summed E-state index contributed by atoms with van der Waals surface area (Å²) in [6.45, 7) is 0. The molecule has 2 aromatic carbocycles. The van der Waals surface area contributed by atoms with Crippen LogP contribution in [0.25, 0.3) is 22.3 Å². The van der Waals surface area contributed by atoms with Gasteiger partial charge in [-0.05, 0) is 30.3 Å². The van der Waals surface area contributed by atoms with Crippen molar-refractivity contribution in [2.45, 2.75) is 0 Å². The van der Waals surface area contributed by atoms with Gasteiger partial charge in [0.15, 0.2) is 5.43 Å². The SMILES string of the molecule is COc1cccc2oc(-c3ccc(F)c(N)c3)cc(=O)c12. The minimum absolute atomic E-state index is 0.000822. The first kappa shape index (κ1) is 13.2. The summed E-state index contributed by atoms with van der Waals surface area (Å²) >= 11 is 0. The van der Waals surface area contributed by atoms with Gasteiger partial charge in [-0.15, -0.1) is 0 Å². The highest BCUT2D eigenvalue weighted by Gasteiger charge is 2.11. The third-order valence-electron chi connectivity index (χ3n) is 3.22. The van der Waals surface area contributed by atoms with Crippen LogP contribution in [0.4, 0.5) is 10.1 Å². The quantitative estimate of drug-likeness (QED) is 0.734. The van der Waals surface area contributed by atoms with Gasteiger partial charge < -0.3 is 14.9 Å². The molecule has 0 saturated heterocycles. The lowest BCUT2D eigenvalue weighted by Gasteiger charge is -2.07. The minimum Gasteiger partial charge on any atom is -0.496 e. The molecule has 0 saturated carbocycles. The molecule has 5 heteroatoms. The molecule has 0 unspecified atom stereocenters. The Hall–Kier alpha value is -2.82. The van der Waals surface area contributed by atoms with Gasteiger partial charge in [0, 0.05) is 11.6 Å². The molecule has 106 valence electrons. The number of nitrogen functional groups attached to an aromatic ring is 1. The zero-order valence-electron chi connectivity index (χ0n) is 11.2. The summed E-state index contributed by atoms with van der Waals surface area (Å²) < 4.78 is 24.1. The third-order valence-corrected chi connectivity index (χ3v) is 3.22. The first-order valence-electron chi connectivity index (χ1n) is 6.26. The number of hydrogen-bond acceptors (Lipinski definition) is 4. The molecule has 0 aliphatic heterocycles. The lowest BCUT2D eigenvalue weighted by molar-refractivity contribution is 0.419. The Kier molecular flexibility index (Phi) is 3.10. The van der Waals surface area contributed by atoms with Crippen LogP contribution in [0, 0.1) is 5.82 Å². The van der Waals surface area contributed by atoms with E-state index in [2.05, 4.69) is 0 Å². The molecule has 0 amide bonds. The summed E-state index contributed by atoms with van der Waals surface area (Å²) in [7, 11) is 1.49. The topological polar surface area (TPSA) is 65.5 Å². The van der Waals surface area contributed by atoms with E-state index in [-0.39, 0.29) is 11.1 Å². The lowest BCUT2D eigenvalue weighted by atomic mass is 10.1. The smallest absolute Gasteiger partial charge is 0.197 e. The zero-order chi connectivity index (χ0) is 15.0. The molecule has 0 radical (unpaired) electrons. The van der Waals surface area contributed by atoms with Crippen molar-refractivity contribution in [3.63, 3.8) is 0 Å². The number of benzene rings is 2. The highest BCUT2D eigenvalue weighted by atomic mass is 19.1. The van der Waals surface area contributed by atoms with Crippen molar-refractivity contribution in [2.24, 2.45) is 0 Å². The molecular formula is C16H12FNO3. The van der Waals surface area contributed by atoms with E-state index in [1.54, 1.807) is 18.2 Å². The summed E-state index contributed by atoms with van der Waals surface area (Å²) in [5.74, 6) is 0.266. The standard InChI is InChI=1S/C16H12FNO3/c1-20-13-3-2-4-14-16(13)12(19)8-15(21-14)9-5-6-10(17)11(18)7-9/h2-8H,18H2,1H3. The number of nitrogens with two attached hydrogens (primary N) is 1. The van der Waals surface area contributed by atoms with Gasteiger partial charge in [0.1, 0.15) is 28.3 Å². The van der Waals surface area contributed by atoms with Crippen molar-refractivity contribution >= 4 is 16.7 Å². The van der Waals surface area contributed by atoms with Crippen LogP contribution < -0.4 is 15.9 Å². The summed E-state index contributed by atoms with van der Waals surface area (Å²) in [6.07, 6.45) is 0. The Morgan fingerprint density at radius 3 is 2.71 bits per heavy atom. The van der Waals surface area contributed by atoms with E-state index in [4.69, 9.17) is 14.9 Å². The molecule has 0 aliphatic rings. The first-order valence-corrected chi connectivity index (χ1v) is 6.26. The number of ether oxygens (including phenoxy) is 1. The molecule has 3 aromatic rings. The van der Waals surface area contributed by atoms with Crippen LogP contribution in [0.3, 0.4) is 0 Å². The second-order valence-electron chi connectivity index (χ2n) is 4.54. The number of halogens is 1. The van der Waals surface area contributed by atoms with Crippen molar-refractivity contribution in [3.8, 4) is 17.1 Å². The van der Waals surface area contributed by atoms with Gasteiger partial charge >= 0.3 is 0 Å². The fourth-order valence-corrected chi connectivity index (χ4v) is 2.19. The molecule has 0 atom stereocenters. The molecule has 4 nitrogen and oxygen atoms in total. The van der Waals surface area contributed by atoms with Crippen molar-refractivity contribution in [3.05, 3.63) is 58.5 Å². The number of hydrogen-bond donors (Lipinski definition) is 1. The maximum absolute atomic E-state index is 13.2. The van der Waals surface area contributed by atoms with Crippen molar-refractivity contribution < 1.29 is 13.5 Å². The maximum atomic E-state index is 13.2. The summed E-state index contributed by atoms with van der Waals surface area (Å²) in [6, 6.07) is 10.6. The van der Waals surface area contributed by atoms with Crippen molar-refractivity contribution in [2.75, 3.05) is 12.8 Å². The van der Waals surface area contributed by atoms with E-state index in [1.807, 2.05) is 0 Å². The van der Waals surface area contributed by atoms with Crippen molar-refractivity contribution in [1.82, 2.24) is 0 Å². The molecule has 21 heavy (non-hydrogen) atoms. The van der Waals surface area contributed by atoms with Gasteiger partial charge in [0.25, 0.3) is 0 Å². The molecule has 0 spiro atoms. The Morgan fingerprint density at radius 2 is 2.00 bits per heavy atom. The van der Waals surface area contributed by atoms with E-state index < -0.39 is 5.82 Å². The van der Waals surface area contributed by atoms with Crippen molar-refractivity contribution in [1.29, 1.82) is 0 Å². The van der Waals surface area contributed by atoms with E-state index in [0.717, 1.165) is 0 Å². The van der Waals surface area contributed by atoms with Gasteiger partial charge in [-0.3, -0.25) is 4.79 Å². The van der Waals surface area contributed by atoms with E-state index in [9.17, 15) is 9.18 Å².